The second-order valence-corrected chi connectivity index (χ2v) is 9.13. The topological polar surface area (TPSA) is 3.24 Å². The Morgan fingerprint density at radius 1 is 0.958 bits per heavy atom. The second kappa shape index (κ2) is 9.01. The summed E-state index contributed by atoms with van der Waals surface area (Å²) in [4.78, 5) is 2.28. The van der Waals surface area contributed by atoms with Crippen molar-refractivity contribution in [3.05, 3.63) is 35.4 Å². The third-order valence-electron chi connectivity index (χ3n) is 5.52. The Bertz CT molecular complexity index is 488. The first-order chi connectivity index (χ1) is 11.0. The highest BCUT2D eigenvalue weighted by Crippen LogP contribution is 2.33. The molecular weight excluding hydrogens is 292 g/mol. The number of hydrogen-bond acceptors (Lipinski definition) is 1. The molecule has 0 saturated carbocycles. The molecule has 2 heteroatoms. The first kappa shape index (κ1) is 21.2. The normalized spacial score (nSPS) is 15.3. The fourth-order valence-electron chi connectivity index (χ4n) is 3.41. The summed E-state index contributed by atoms with van der Waals surface area (Å²) in [6, 6.07) is 9.91. The van der Waals surface area contributed by atoms with Crippen molar-refractivity contribution in [2.24, 2.45) is 11.8 Å². The summed E-state index contributed by atoms with van der Waals surface area (Å²) >= 11 is 0. The predicted octanol–water partition coefficient (Wildman–Crippen LogP) is 5.17. The summed E-state index contributed by atoms with van der Waals surface area (Å²) in [5.74, 6) is 2.09. The highest BCUT2D eigenvalue weighted by molar-refractivity contribution is 5.28. The number of likely N-dealkylation sites (N-methyl/N-ethyl adjacent to an activating group) is 2. The van der Waals surface area contributed by atoms with Gasteiger partial charge < -0.3 is 9.38 Å². The first-order valence-electron chi connectivity index (χ1n) is 9.61. The van der Waals surface area contributed by atoms with Crippen molar-refractivity contribution in [3.8, 4) is 0 Å². The van der Waals surface area contributed by atoms with Crippen LogP contribution in [0.2, 0.25) is 0 Å². The quantitative estimate of drug-likeness (QED) is 0.563. The molecule has 2 nitrogen and oxygen atoms in total. The Hall–Kier alpha value is -0.860. The standard InChI is InChI=1S/C22H41N2/c1-17(2)15-22(18(3)4)21-12-10-11-20(16-21)19(5)24(8,9)14-13-23(6)7/h10-12,16-19,22H,13-15H2,1-9H3/q+1. The zero-order valence-electron chi connectivity index (χ0n) is 17.6. The molecule has 0 heterocycles. The molecule has 0 fully saturated rings. The van der Waals surface area contributed by atoms with Crippen LogP contribution in [0.1, 0.15) is 64.1 Å². The van der Waals surface area contributed by atoms with Gasteiger partial charge in [-0.2, -0.15) is 0 Å². The van der Waals surface area contributed by atoms with E-state index in [4.69, 9.17) is 0 Å². The van der Waals surface area contributed by atoms with Gasteiger partial charge in [0.2, 0.25) is 0 Å². The predicted molar refractivity (Wildman–Crippen MR) is 107 cm³/mol. The van der Waals surface area contributed by atoms with Gasteiger partial charge in [-0.3, -0.25) is 0 Å². The zero-order chi connectivity index (χ0) is 18.5. The largest absolute Gasteiger partial charge is 0.321 e. The van der Waals surface area contributed by atoms with Crippen molar-refractivity contribution >= 4 is 0 Å². The van der Waals surface area contributed by atoms with Crippen LogP contribution in [-0.2, 0) is 0 Å². The fourth-order valence-corrected chi connectivity index (χ4v) is 3.41. The van der Waals surface area contributed by atoms with E-state index in [1.807, 2.05) is 0 Å². The van der Waals surface area contributed by atoms with Gasteiger partial charge in [-0.05, 0) is 56.8 Å². The summed E-state index contributed by atoms with van der Waals surface area (Å²) in [6.45, 7) is 14.1. The van der Waals surface area contributed by atoms with Gasteiger partial charge in [-0.25, -0.2) is 0 Å². The van der Waals surface area contributed by atoms with Crippen LogP contribution in [0.15, 0.2) is 24.3 Å². The molecule has 1 rings (SSSR count). The fraction of sp³-hybridized carbons (Fsp3) is 0.727. The first-order valence-corrected chi connectivity index (χ1v) is 9.61. The van der Waals surface area contributed by atoms with Gasteiger partial charge in [0, 0.05) is 12.1 Å². The lowest BCUT2D eigenvalue weighted by atomic mass is 9.81. The van der Waals surface area contributed by atoms with Crippen LogP contribution < -0.4 is 0 Å². The SMILES string of the molecule is CC(C)CC(c1cccc(C(C)[N+](C)(C)CCN(C)C)c1)C(C)C. The molecule has 2 unspecified atom stereocenters. The van der Waals surface area contributed by atoms with E-state index < -0.39 is 0 Å². The maximum absolute atomic E-state index is 2.48. The number of benzene rings is 1. The highest BCUT2D eigenvalue weighted by atomic mass is 15.3. The van der Waals surface area contributed by atoms with Crippen molar-refractivity contribution in [2.45, 2.75) is 53.0 Å². The van der Waals surface area contributed by atoms with Crippen LogP contribution in [0.4, 0.5) is 0 Å². The Morgan fingerprint density at radius 2 is 1.54 bits per heavy atom. The number of quaternary nitrogens is 1. The molecule has 0 N–H and O–H groups in total. The zero-order valence-corrected chi connectivity index (χ0v) is 17.6. The van der Waals surface area contributed by atoms with Gasteiger partial charge in [0.25, 0.3) is 0 Å². The Balaban J connectivity index is 3.01. The minimum atomic E-state index is 0.511. The summed E-state index contributed by atoms with van der Waals surface area (Å²) in [6.07, 6.45) is 1.27. The molecule has 0 radical (unpaired) electrons. The lowest BCUT2D eigenvalue weighted by Crippen LogP contribution is -2.46. The van der Waals surface area contributed by atoms with Crippen LogP contribution >= 0.6 is 0 Å². The molecule has 2 atom stereocenters. The third-order valence-corrected chi connectivity index (χ3v) is 5.52. The van der Waals surface area contributed by atoms with Crippen molar-refractivity contribution in [2.75, 3.05) is 41.3 Å². The van der Waals surface area contributed by atoms with E-state index in [-0.39, 0.29) is 0 Å². The highest BCUT2D eigenvalue weighted by Gasteiger charge is 2.26. The van der Waals surface area contributed by atoms with Crippen LogP contribution in [0, 0.1) is 11.8 Å². The van der Waals surface area contributed by atoms with Gasteiger partial charge in [-0.15, -0.1) is 0 Å². The van der Waals surface area contributed by atoms with Crippen molar-refractivity contribution in [1.82, 2.24) is 4.90 Å². The molecule has 24 heavy (non-hydrogen) atoms. The molecule has 0 aliphatic carbocycles. The molecular formula is C22H41N2+. The lowest BCUT2D eigenvalue weighted by molar-refractivity contribution is -0.918. The van der Waals surface area contributed by atoms with E-state index >= 15 is 0 Å². The molecule has 0 aliphatic rings. The minimum absolute atomic E-state index is 0.511. The number of nitrogens with zero attached hydrogens (tertiary/aromatic N) is 2. The smallest absolute Gasteiger partial charge is 0.111 e. The molecule has 0 aromatic heterocycles. The molecule has 1 aromatic carbocycles. The number of rotatable bonds is 9. The molecule has 138 valence electrons. The Kier molecular flexibility index (Phi) is 7.95. The van der Waals surface area contributed by atoms with Crippen molar-refractivity contribution < 1.29 is 4.48 Å². The van der Waals surface area contributed by atoms with Crippen LogP contribution in [-0.4, -0.2) is 50.7 Å². The van der Waals surface area contributed by atoms with Gasteiger partial charge in [-0.1, -0.05) is 45.9 Å². The van der Waals surface area contributed by atoms with Gasteiger partial charge in [0.05, 0.1) is 20.6 Å². The van der Waals surface area contributed by atoms with E-state index in [1.165, 1.54) is 17.5 Å². The van der Waals surface area contributed by atoms with Crippen LogP contribution in [0.3, 0.4) is 0 Å². The van der Waals surface area contributed by atoms with Crippen LogP contribution in [0.25, 0.3) is 0 Å². The van der Waals surface area contributed by atoms with Crippen LogP contribution in [0.5, 0.6) is 0 Å². The summed E-state index contributed by atoms with van der Waals surface area (Å²) in [5, 5.41) is 0. The van der Waals surface area contributed by atoms with Crippen molar-refractivity contribution in [1.29, 1.82) is 0 Å². The average Bonchev–Trinajstić information content (AvgIpc) is 2.49. The summed E-state index contributed by atoms with van der Waals surface area (Å²) in [7, 11) is 9.03. The second-order valence-electron chi connectivity index (χ2n) is 9.13. The monoisotopic (exact) mass is 333 g/mol. The molecule has 1 aromatic rings. The van der Waals surface area contributed by atoms with E-state index in [2.05, 4.69) is 92.0 Å². The molecule has 0 amide bonds. The maximum Gasteiger partial charge on any atom is 0.111 e. The van der Waals surface area contributed by atoms with Crippen molar-refractivity contribution in [3.63, 3.8) is 0 Å². The molecule has 0 spiro atoms. The van der Waals surface area contributed by atoms with Gasteiger partial charge in [0.15, 0.2) is 0 Å². The minimum Gasteiger partial charge on any atom is -0.321 e. The average molecular weight is 334 g/mol. The van der Waals surface area contributed by atoms with E-state index in [0.717, 1.165) is 23.5 Å². The molecule has 0 saturated heterocycles. The van der Waals surface area contributed by atoms with Gasteiger partial charge >= 0.3 is 0 Å². The summed E-state index contributed by atoms with van der Waals surface area (Å²) in [5.41, 5.74) is 3.00. The Morgan fingerprint density at radius 3 is 2.04 bits per heavy atom. The van der Waals surface area contributed by atoms with E-state index in [1.54, 1.807) is 0 Å². The van der Waals surface area contributed by atoms with E-state index in [9.17, 15) is 0 Å². The van der Waals surface area contributed by atoms with Gasteiger partial charge in [0.1, 0.15) is 6.04 Å². The summed E-state index contributed by atoms with van der Waals surface area (Å²) < 4.78 is 1.03. The molecule has 0 aliphatic heterocycles. The Labute approximate surface area is 151 Å². The third kappa shape index (κ3) is 6.22. The van der Waals surface area contributed by atoms with E-state index in [0.29, 0.717) is 17.9 Å². The lowest BCUT2D eigenvalue weighted by Gasteiger charge is -2.37. The molecule has 0 bridgehead atoms. The maximum atomic E-state index is 2.48. The number of hydrogen-bond donors (Lipinski definition) is 0.